The summed E-state index contributed by atoms with van der Waals surface area (Å²) in [6.45, 7) is 6.51. The van der Waals surface area contributed by atoms with Gasteiger partial charge in [-0.3, -0.25) is 4.90 Å². The molecular weight excluding hydrogens is 342 g/mol. The molecule has 2 rings (SSSR count). The summed E-state index contributed by atoms with van der Waals surface area (Å²) in [5, 5.41) is 9.16. The molecule has 0 saturated carbocycles. The average Bonchev–Trinajstić information content (AvgIpc) is 2.60. The van der Waals surface area contributed by atoms with Gasteiger partial charge in [0, 0.05) is 19.7 Å². The Bertz CT molecular complexity index is 752. The zero-order chi connectivity index (χ0) is 19.9. The molecule has 2 aromatic rings. The number of methoxy groups -OCH3 is 1. The van der Waals surface area contributed by atoms with Gasteiger partial charge >= 0.3 is 6.09 Å². The second-order valence-electron chi connectivity index (χ2n) is 7.48. The molecule has 0 aromatic heterocycles. The third kappa shape index (κ3) is 6.94. The van der Waals surface area contributed by atoms with E-state index in [9.17, 15) is 4.79 Å². The van der Waals surface area contributed by atoms with E-state index >= 15 is 0 Å². The van der Waals surface area contributed by atoms with Gasteiger partial charge < -0.3 is 14.6 Å². The first-order chi connectivity index (χ1) is 12.8. The molecule has 0 heterocycles. The van der Waals surface area contributed by atoms with Gasteiger partial charge in [-0.1, -0.05) is 36.4 Å². The fraction of sp³-hybridized carbons (Fsp3) is 0.409. The molecule has 0 aliphatic carbocycles. The van der Waals surface area contributed by atoms with Gasteiger partial charge in [0.25, 0.3) is 0 Å². The summed E-state index contributed by atoms with van der Waals surface area (Å²) in [5.41, 5.74) is 2.43. The van der Waals surface area contributed by atoms with Crippen LogP contribution in [-0.2, 0) is 24.2 Å². The van der Waals surface area contributed by atoms with Crippen LogP contribution in [0, 0.1) is 0 Å². The quantitative estimate of drug-likeness (QED) is 0.794. The Labute approximate surface area is 161 Å². The maximum absolute atomic E-state index is 12.8. The summed E-state index contributed by atoms with van der Waals surface area (Å²) in [7, 11) is 1.62. The molecule has 0 aliphatic heterocycles. The lowest BCUT2D eigenvalue weighted by molar-refractivity contribution is 0.0216. The zero-order valence-corrected chi connectivity index (χ0v) is 16.6. The average molecular weight is 371 g/mol. The standard InChI is InChI=1S/C22H29NO4/c1-22(2,3)27-21(25)23(16-19-9-6-10-20(14-19)26-4)15-18-8-5-7-17(13-18)11-12-24/h5-10,13-14,24H,11-12,15-16H2,1-4H3. The summed E-state index contributed by atoms with van der Waals surface area (Å²) >= 11 is 0. The Morgan fingerprint density at radius 3 is 2.19 bits per heavy atom. The van der Waals surface area contributed by atoms with Crippen LogP contribution in [0.25, 0.3) is 0 Å². The summed E-state index contributed by atoms with van der Waals surface area (Å²) in [5.74, 6) is 0.751. The number of amides is 1. The second kappa shape index (κ2) is 9.42. The number of hydrogen-bond donors (Lipinski definition) is 1. The minimum Gasteiger partial charge on any atom is -0.497 e. The maximum Gasteiger partial charge on any atom is 0.410 e. The molecule has 0 saturated heterocycles. The Kier molecular flexibility index (Phi) is 7.25. The van der Waals surface area contributed by atoms with Gasteiger partial charge in [0.15, 0.2) is 0 Å². The van der Waals surface area contributed by atoms with Gasteiger partial charge in [-0.2, -0.15) is 0 Å². The maximum atomic E-state index is 12.8. The number of benzene rings is 2. The Hall–Kier alpha value is -2.53. The lowest BCUT2D eigenvalue weighted by atomic mass is 10.1. The number of rotatable bonds is 7. The highest BCUT2D eigenvalue weighted by atomic mass is 16.6. The van der Waals surface area contributed by atoms with E-state index in [4.69, 9.17) is 14.6 Å². The SMILES string of the molecule is COc1cccc(CN(Cc2cccc(CCO)c2)C(=O)OC(C)(C)C)c1. The summed E-state index contributed by atoms with van der Waals surface area (Å²) < 4.78 is 10.9. The molecule has 0 bridgehead atoms. The van der Waals surface area contributed by atoms with Crippen LogP contribution in [0.5, 0.6) is 5.75 Å². The second-order valence-corrected chi connectivity index (χ2v) is 7.48. The Morgan fingerprint density at radius 1 is 1.00 bits per heavy atom. The van der Waals surface area contributed by atoms with Gasteiger partial charge in [-0.05, 0) is 56.0 Å². The van der Waals surface area contributed by atoms with Gasteiger partial charge in [0.2, 0.25) is 0 Å². The van der Waals surface area contributed by atoms with Crippen LogP contribution >= 0.6 is 0 Å². The molecule has 146 valence electrons. The molecule has 5 nitrogen and oxygen atoms in total. The van der Waals surface area contributed by atoms with E-state index in [1.165, 1.54) is 0 Å². The van der Waals surface area contributed by atoms with Crippen molar-refractivity contribution in [2.24, 2.45) is 0 Å². The van der Waals surface area contributed by atoms with Crippen LogP contribution in [0.3, 0.4) is 0 Å². The summed E-state index contributed by atoms with van der Waals surface area (Å²) in [4.78, 5) is 14.4. The van der Waals surface area contributed by atoms with Crippen LogP contribution in [0.15, 0.2) is 48.5 Å². The first-order valence-corrected chi connectivity index (χ1v) is 9.10. The van der Waals surface area contributed by atoms with Crippen LogP contribution in [0.2, 0.25) is 0 Å². The van der Waals surface area contributed by atoms with E-state index in [2.05, 4.69) is 0 Å². The topological polar surface area (TPSA) is 59.0 Å². The van der Waals surface area contributed by atoms with Crippen molar-refractivity contribution in [3.63, 3.8) is 0 Å². The fourth-order valence-corrected chi connectivity index (χ4v) is 2.74. The monoisotopic (exact) mass is 371 g/mol. The van der Waals surface area contributed by atoms with E-state index in [0.29, 0.717) is 19.5 Å². The molecule has 0 unspecified atom stereocenters. The van der Waals surface area contributed by atoms with E-state index in [0.717, 1.165) is 22.4 Å². The molecule has 2 aromatic carbocycles. The number of ether oxygens (including phenoxy) is 2. The van der Waals surface area contributed by atoms with E-state index in [1.807, 2.05) is 69.3 Å². The highest BCUT2D eigenvalue weighted by molar-refractivity contribution is 5.68. The number of carbonyl (C=O) groups is 1. The molecule has 0 spiro atoms. The third-order valence-corrected chi connectivity index (χ3v) is 3.92. The lowest BCUT2D eigenvalue weighted by Crippen LogP contribution is -2.36. The molecule has 27 heavy (non-hydrogen) atoms. The largest absolute Gasteiger partial charge is 0.497 e. The predicted octanol–water partition coefficient (Wildman–Crippen LogP) is 4.17. The summed E-state index contributed by atoms with van der Waals surface area (Å²) in [6.07, 6.45) is 0.230. The van der Waals surface area contributed by atoms with Crippen LogP contribution in [0.1, 0.15) is 37.5 Å². The van der Waals surface area contributed by atoms with Crippen molar-refractivity contribution in [2.45, 2.75) is 45.9 Å². The Balaban J connectivity index is 2.23. The van der Waals surface area contributed by atoms with Crippen LogP contribution < -0.4 is 4.74 Å². The number of aliphatic hydroxyl groups excluding tert-OH is 1. The van der Waals surface area contributed by atoms with Crippen molar-refractivity contribution in [3.05, 3.63) is 65.2 Å². The van der Waals surface area contributed by atoms with Crippen molar-refractivity contribution in [2.75, 3.05) is 13.7 Å². The van der Waals surface area contributed by atoms with Gasteiger partial charge in [-0.15, -0.1) is 0 Å². The van der Waals surface area contributed by atoms with Crippen LogP contribution in [0.4, 0.5) is 4.79 Å². The Morgan fingerprint density at radius 2 is 1.59 bits per heavy atom. The number of hydrogen-bond acceptors (Lipinski definition) is 4. The zero-order valence-electron chi connectivity index (χ0n) is 16.6. The molecule has 5 heteroatoms. The molecular formula is C22H29NO4. The molecule has 0 fully saturated rings. The van der Waals surface area contributed by atoms with Crippen molar-refractivity contribution < 1.29 is 19.4 Å². The van der Waals surface area contributed by atoms with Gasteiger partial charge in [0.1, 0.15) is 11.4 Å². The minimum absolute atomic E-state index is 0.100. The smallest absolute Gasteiger partial charge is 0.410 e. The number of carbonyl (C=O) groups excluding carboxylic acids is 1. The van der Waals surface area contributed by atoms with E-state index in [-0.39, 0.29) is 12.7 Å². The van der Waals surface area contributed by atoms with Crippen molar-refractivity contribution in [1.82, 2.24) is 4.90 Å². The van der Waals surface area contributed by atoms with Crippen LogP contribution in [-0.4, -0.2) is 35.4 Å². The first-order valence-electron chi connectivity index (χ1n) is 9.10. The number of nitrogens with zero attached hydrogens (tertiary/aromatic N) is 1. The highest BCUT2D eigenvalue weighted by Crippen LogP contribution is 2.19. The van der Waals surface area contributed by atoms with Crippen molar-refractivity contribution >= 4 is 6.09 Å². The molecule has 1 amide bonds. The first kappa shape index (κ1) is 20.8. The molecule has 0 atom stereocenters. The predicted molar refractivity (Wildman–Crippen MR) is 106 cm³/mol. The fourth-order valence-electron chi connectivity index (χ4n) is 2.74. The van der Waals surface area contributed by atoms with E-state index in [1.54, 1.807) is 12.0 Å². The molecule has 0 radical (unpaired) electrons. The summed E-state index contributed by atoms with van der Waals surface area (Å²) in [6, 6.07) is 15.6. The molecule has 0 aliphatic rings. The van der Waals surface area contributed by atoms with Gasteiger partial charge in [-0.25, -0.2) is 4.79 Å². The minimum atomic E-state index is -0.567. The molecule has 1 N–H and O–H groups in total. The lowest BCUT2D eigenvalue weighted by Gasteiger charge is -2.28. The van der Waals surface area contributed by atoms with Crippen molar-refractivity contribution in [1.29, 1.82) is 0 Å². The third-order valence-electron chi connectivity index (χ3n) is 3.92. The normalized spacial score (nSPS) is 11.1. The number of aliphatic hydroxyl groups is 1. The van der Waals surface area contributed by atoms with Crippen molar-refractivity contribution in [3.8, 4) is 5.75 Å². The van der Waals surface area contributed by atoms with E-state index < -0.39 is 5.60 Å². The highest BCUT2D eigenvalue weighted by Gasteiger charge is 2.22. The van der Waals surface area contributed by atoms with Gasteiger partial charge in [0.05, 0.1) is 7.11 Å².